The molecule has 1 saturated carbocycles. The third kappa shape index (κ3) is 3.25. The maximum Gasteiger partial charge on any atom is 0.254 e. The second-order valence-electron chi connectivity index (χ2n) is 5.44. The third-order valence-electron chi connectivity index (χ3n) is 3.94. The first-order valence-electron chi connectivity index (χ1n) is 6.60. The molecule has 1 fully saturated rings. The number of carbonyl (C=O) groups excluding carboxylic acids is 1. The summed E-state index contributed by atoms with van der Waals surface area (Å²) in [7, 11) is 0. The lowest BCUT2D eigenvalue weighted by Gasteiger charge is -2.38. The molecule has 1 heterocycles. The summed E-state index contributed by atoms with van der Waals surface area (Å²) >= 11 is 5.88. The second kappa shape index (κ2) is 5.88. The van der Waals surface area contributed by atoms with Crippen molar-refractivity contribution in [1.82, 2.24) is 10.3 Å². The van der Waals surface area contributed by atoms with Gasteiger partial charge in [0.15, 0.2) is 0 Å². The van der Waals surface area contributed by atoms with Crippen LogP contribution in [0.15, 0.2) is 18.3 Å². The van der Waals surface area contributed by atoms with Gasteiger partial charge < -0.3 is 10.4 Å². The van der Waals surface area contributed by atoms with Crippen molar-refractivity contribution in [3.8, 4) is 0 Å². The van der Waals surface area contributed by atoms with Crippen LogP contribution in [0.4, 0.5) is 0 Å². The van der Waals surface area contributed by atoms with E-state index in [0.29, 0.717) is 12.1 Å². The fraction of sp³-hybridized carbons (Fsp3) is 0.571. The molecule has 1 amide bonds. The maximum atomic E-state index is 12.0. The zero-order chi connectivity index (χ0) is 13.9. The predicted molar refractivity (Wildman–Crippen MR) is 74.2 cm³/mol. The largest absolute Gasteiger partial charge is 0.392 e. The fourth-order valence-corrected chi connectivity index (χ4v) is 2.73. The molecule has 0 saturated heterocycles. The Balaban J connectivity index is 1.99. The molecule has 1 aromatic heterocycles. The summed E-state index contributed by atoms with van der Waals surface area (Å²) in [6.45, 7) is 2.47. The summed E-state index contributed by atoms with van der Waals surface area (Å²) in [5.74, 6) is -0.239. The van der Waals surface area contributed by atoms with Crippen LogP contribution in [0.2, 0.25) is 5.15 Å². The summed E-state index contributed by atoms with van der Waals surface area (Å²) in [6, 6.07) is 3.32. The minimum Gasteiger partial charge on any atom is -0.392 e. The third-order valence-corrected chi connectivity index (χ3v) is 4.24. The number of rotatable bonds is 3. The molecule has 1 aliphatic rings. The monoisotopic (exact) mass is 282 g/mol. The number of halogens is 1. The molecule has 0 radical (unpaired) electrons. The van der Waals surface area contributed by atoms with Gasteiger partial charge in [0.05, 0.1) is 11.7 Å². The molecule has 2 unspecified atom stereocenters. The number of hydrogen-bond acceptors (Lipinski definition) is 3. The van der Waals surface area contributed by atoms with Crippen molar-refractivity contribution in [2.24, 2.45) is 5.41 Å². The van der Waals surface area contributed by atoms with Crippen LogP contribution in [0, 0.1) is 5.41 Å². The van der Waals surface area contributed by atoms with Crippen LogP contribution in [0.5, 0.6) is 0 Å². The number of aromatic nitrogens is 1. The summed E-state index contributed by atoms with van der Waals surface area (Å²) in [4.78, 5) is 15.9. The van der Waals surface area contributed by atoms with Gasteiger partial charge in [-0.1, -0.05) is 31.4 Å². The standard InChI is InChI=1S/C14H19ClN2O2/c1-14(7-3-2-6-11(14)18)9-17-13(19)10-5-4-8-16-12(10)15/h4-5,8,11,18H,2-3,6-7,9H2,1H3,(H,17,19). The number of carbonyl (C=O) groups is 1. The van der Waals surface area contributed by atoms with E-state index in [1.165, 1.54) is 0 Å². The molecule has 0 aromatic carbocycles. The molecule has 0 bridgehead atoms. The van der Waals surface area contributed by atoms with Gasteiger partial charge in [-0.05, 0) is 25.0 Å². The fourth-order valence-electron chi connectivity index (χ4n) is 2.52. The van der Waals surface area contributed by atoms with Crippen LogP contribution >= 0.6 is 11.6 Å². The van der Waals surface area contributed by atoms with E-state index >= 15 is 0 Å². The highest BCUT2D eigenvalue weighted by atomic mass is 35.5. The molecular weight excluding hydrogens is 264 g/mol. The van der Waals surface area contributed by atoms with Crippen LogP contribution in [0.1, 0.15) is 43.0 Å². The molecule has 5 heteroatoms. The quantitative estimate of drug-likeness (QED) is 0.837. The van der Waals surface area contributed by atoms with E-state index in [9.17, 15) is 9.90 Å². The van der Waals surface area contributed by atoms with Crippen molar-refractivity contribution in [2.45, 2.75) is 38.7 Å². The van der Waals surface area contributed by atoms with Crippen molar-refractivity contribution in [1.29, 1.82) is 0 Å². The smallest absolute Gasteiger partial charge is 0.254 e. The zero-order valence-corrected chi connectivity index (χ0v) is 11.8. The highest BCUT2D eigenvalue weighted by Gasteiger charge is 2.35. The number of pyridine rings is 1. The van der Waals surface area contributed by atoms with Crippen LogP contribution in [0.3, 0.4) is 0 Å². The maximum absolute atomic E-state index is 12.0. The number of hydrogen-bond donors (Lipinski definition) is 2. The molecular formula is C14H19ClN2O2. The van der Waals surface area contributed by atoms with Crippen LogP contribution < -0.4 is 5.32 Å². The van der Waals surface area contributed by atoms with Gasteiger partial charge in [-0.15, -0.1) is 0 Å². The minimum atomic E-state index is -0.356. The Kier molecular flexibility index (Phi) is 4.42. The van der Waals surface area contributed by atoms with Gasteiger partial charge in [0.1, 0.15) is 5.15 Å². The van der Waals surface area contributed by atoms with Crippen molar-refractivity contribution < 1.29 is 9.90 Å². The van der Waals surface area contributed by atoms with Crippen molar-refractivity contribution in [3.05, 3.63) is 29.0 Å². The minimum absolute atomic E-state index is 0.203. The molecule has 1 aromatic rings. The summed E-state index contributed by atoms with van der Waals surface area (Å²) in [6.07, 6.45) is 5.07. The van der Waals surface area contributed by atoms with E-state index in [-0.39, 0.29) is 22.6 Å². The summed E-state index contributed by atoms with van der Waals surface area (Å²) in [5, 5.41) is 13.1. The van der Waals surface area contributed by atoms with Gasteiger partial charge >= 0.3 is 0 Å². The van der Waals surface area contributed by atoms with E-state index in [1.807, 2.05) is 6.92 Å². The van der Waals surface area contributed by atoms with E-state index in [2.05, 4.69) is 10.3 Å². The van der Waals surface area contributed by atoms with Crippen molar-refractivity contribution in [2.75, 3.05) is 6.54 Å². The SMILES string of the molecule is CC1(CNC(=O)c2cccnc2Cl)CCCCC1O. The molecule has 19 heavy (non-hydrogen) atoms. The van der Waals surface area contributed by atoms with Gasteiger partial charge in [0, 0.05) is 18.2 Å². The Morgan fingerprint density at radius 2 is 2.42 bits per heavy atom. The lowest BCUT2D eigenvalue weighted by atomic mass is 9.73. The van der Waals surface area contributed by atoms with Crippen LogP contribution in [-0.4, -0.2) is 28.6 Å². The number of amides is 1. The summed E-state index contributed by atoms with van der Waals surface area (Å²) in [5.41, 5.74) is 0.126. The molecule has 1 aliphatic carbocycles. The van der Waals surface area contributed by atoms with Crippen molar-refractivity contribution in [3.63, 3.8) is 0 Å². The lowest BCUT2D eigenvalue weighted by Crippen LogP contribution is -2.45. The second-order valence-corrected chi connectivity index (χ2v) is 5.80. The average molecular weight is 283 g/mol. The van der Waals surface area contributed by atoms with Crippen LogP contribution in [0.25, 0.3) is 0 Å². The number of nitrogens with zero attached hydrogens (tertiary/aromatic N) is 1. The Morgan fingerprint density at radius 3 is 3.11 bits per heavy atom. The van der Waals surface area contributed by atoms with Gasteiger partial charge in [0.25, 0.3) is 5.91 Å². The van der Waals surface area contributed by atoms with Gasteiger partial charge in [-0.3, -0.25) is 4.79 Å². The van der Waals surface area contributed by atoms with Gasteiger partial charge in [-0.2, -0.15) is 0 Å². The van der Waals surface area contributed by atoms with E-state index in [1.54, 1.807) is 18.3 Å². The van der Waals surface area contributed by atoms with Crippen LogP contribution in [-0.2, 0) is 0 Å². The topological polar surface area (TPSA) is 62.2 Å². The molecule has 2 atom stereocenters. The molecule has 0 aliphatic heterocycles. The zero-order valence-electron chi connectivity index (χ0n) is 11.0. The van der Waals surface area contributed by atoms with Crippen molar-refractivity contribution >= 4 is 17.5 Å². The van der Waals surface area contributed by atoms with Gasteiger partial charge in [0.2, 0.25) is 0 Å². The molecule has 2 rings (SSSR count). The van der Waals surface area contributed by atoms with E-state index < -0.39 is 0 Å². The van der Waals surface area contributed by atoms with E-state index in [0.717, 1.165) is 25.7 Å². The Morgan fingerprint density at radius 1 is 1.63 bits per heavy atom. The normalized spacial score (nSPS) is 27.0. The summed E-state index contributed by atoms with van der Waals surface area (Å²) < 4.78 is 0. The Hall–Kier alpha value is -1.13. The highest BCUT2D eigenvalue weighted by Crippen LogP contribution is 2.35. The first-order chi connectivity index (χ1) is 9.03. The number of aliphatic hydroxyl groups is 1. The van der Waals surface area contributed by atoms with Gasteiger partial charge in [-0.25, -0.2) is 4.98 Å². The Bertz CT molecular complexity index is 467. The Labute approximate surface area is 118 Å². The highest BCUT2D eigenvalue weighted by molar-refractivity contribution is 6.32. The number of nitrogens with one attached hydrogen (secondary N) is 1. The average Bonchev–Trinajstić information content (AvgIpc) is 2.40. The molecule has 104 valence electrons. The molecule has 4 nitrogen and oxygen atoms in total. The van der Waals surface area contributed by atoms with E-state index in [4.69, 9.17) is 11.6 Å². The molecule has 0 spiro atoms. The number of aliphatic hydroxyl groups excluding tert-OH is 1. The lowest BCUT2D eigenvalue weighted by molar-refractivity contribution is 0.00190. The molecule has 2 N–H and O–H groups in total. The first kappa shape index (κ1) is 14.3. The predicted octanol–water partition coefficient (Wildman–Crippen LogP) is 2.41. The first-order valence-corrected chi connectivity index (χ1v) is 6.97.